The average Bonchev–Trinajstić information content (AvgIpc) is 1.60. The number of aromatic nitrogens is 6. The van der Waals surface area contributed by atoms with Crippen LogP contribution in [0.25, 0.3) is 111 Å². The molecule has 0 saturated carbocycles. The van der Waals surface area contributed by atoms with Crippen LogP contribution in [0.15, 0.2) is 322 Å². The van der Waals surface area contributed by atoms with Gasteiger partial charge in [-0.3, -0.25) is 22.5 Å². The number of halogens is 4. The molecule has 0 atom stereocenters. The molecule has 6 heterocycles. The molecule has 0 unspecified atom stereocenters. The van der Waals surface area contributed by atoms with Gasteiger partial charge in [0.1, 0.15) is 11.5 Å². The van der Waals surface area contributed by atoms with E-state index in [4.69, 9.17) is 5.11 Å². The summed E-state index contributed by atoms with van der Waals surface area (Å²) >= 11 is 0. The van der Waals surface area contributed by atoms with Crippen LogP contribution in [0.1, 0.15) is 5.69 Å². The number of nitrogens with zero attached hydrogens (tertiary/aromatic N) is 7. The van der Waals surface area contributed by atoms with Gasteiger partial charge in [0.15, 0.2) is 0 Å². The predicted molar refractivity (Wildman–Crippen MR) is 377 cm³/mol. The second-order valence-electron chi connectivity index (χ2n) is 22.2. The van der Waals surface area contributed by atoms with E-state index in [1.54, 1.807) is 73.2 Å². The van der Waals surface area contributed by atoms with Gasteiger partial charge in [-0.1, -0.05) is 169 Å². The molecule has 6 aromatic heterocycles. The minimum absolute atomic E-state index is 0. The maximum atomic E-state index is 13.2. The topological polar surface area (TPSA) is 76.9 Å². The van der Waals surface area contributed by atoms with E-state index in [9.17, 15) is 17.6 Å². The van der Waals surface area contributed by atoms with Crippen molar-refractivity contribution in [2.75, 3.05) is 4.90 Å². The van der Waals surface area contributed by atoms with Crippen LogP contribution in [0.3, 0.4) is 0 Å². The number of aliphatic hydroxyl groups is 1. The maximum absolute atomic E-state index is 13.2. The van der Waals surface area contributed by atoms with Crippen LogP contribution in [0.5, 0.6) is 0 Å². The van der Waals surface area contributed by atoms with E-state index in [0.717, 1.165) is 58.4 Å². The van der Waals surface area contributed by atoms with Gasteiger partial charge >= 0.3 is 0 Å². The Morgan fingerprint density at radius 3 is 0.854 bits per heavy atom. The molecule has 0 aliphatic carbocycles. The van der Waals surface area contributed by atoms with Crippen LogP contribution in [0, 0.1) is 35.4 Å². The van der Waals surface area contributed by atoms with Crippen molar-refractivity contribution in [3.05, 3.63) is 364 Å². The number of rotatable bonds is 9. The molecule has 1 N–H and O–H groups in total. The zero-order valence-corrected chi connectivity index (χ0v) is 53.5. The van der Waals surface area contributed by atoms with Gasteiger partial charge in [0.25, 0.3) is 0 Å². The van der Waals surface area contributed by atoms with Crippen molar-refractivity contribution in [1.82, 2.24) is 28.7 Å². The van der Waals surface area contributed by atoms with Crippen molar-refractivity contribution in [1.29, 1.82) is 0 Å². The van der Waals surface area contributed by atoms with Crippen LogP contribution >= 0.6 is 0 Å². The Bertz CT molecular complexity index is 4950. The summed E-state index contributed by atoms with van der Waals surface area (Å²) in [6.07, 6.45) is 4.70. The Labute approximate surface area is 564 Å². The summed E-state index contributed by atoms with van der Waals surface area (Å²) < 4.78 is 58.7. The molecule has 13 heteroatoms. The molecule has 0 aliphatic rings. The average molecular weight is 1430 g/mol. The van der Waals surface area contributed by atoms with Crippen molar-refractivity contribution >= 4 is 88.2 Å². The molecule has 96 heavy (non-hydrogen) atoms. The molecule has 0 amide bonds. The van der Waals surface area contributed by atoms with Gasteiger partial charge in [0, 0.05) is 128 Å². The van der Waals surface area contributed by atoms with Gasteiger partial charge in [-0.05, 0) is 145 Å². The number of aliphatic hydroxyl groups excluding tert-OH is 1. The smallest absolute Gasteiger partial charge is 0.134 e. The number of benzene rings is 11. The molecular formula is C83H55F4IrN7O-2. The monoisotopic (exact) mass is 1430 g/mol. The third kappa shape index (κ3) is 12.7. The molecule has 0 saturated heterocycles. The number of hydrogen-bond donors (Lipinski definition) is 1. The van der Waals surface area contributed by atoms with Crippen molar-refractivity contribution < 1.29 is 42.8 Å². The Balaban J connectivity index is 0.000000176. The standard InChI is InChI=1S/C54H36N4.2C11H6F2N.C7H7NO.Ir/c1-7-19-49-43(13-1)44-14-2-8-20-50(44)56(49)40-31-25-37(26-32-40)55(38-27-33-41(34-28-38)57-51-21-9-3-15-45(51)46-16-4-10-22-52(46)57)39-29-35-42(36-30-39)58-53-23-11-5-17-47(53)48-18-6-12-24-54(48)58;2*12-8-4-5-9(10(13)7-8)11-3-1-2-6-14-11;1-6(9)7-4-2-3-5-8-7;/h1-36H;2*1-4,6-7H;2-5,9H,1H2;/q;2*-1;;. The van der Waals surface area contributed by atoms with E-state index in [2.05, 4.69) is 271 Å². The molecule has 17 rings (SSSR count). The molecular weight excluding hydrogens is 1380 g/mol. The van der Waals surface area contributed by atoms with Gasteiger partial charge in [-0.25, -0.2) is 0 Å². The van der Waals surface area contributed by atoms with Crippen molar-refractivity contribution in [2.45, 2.75) is 0 Å². The van der Waals surface area contributed by atoms with Gasteiger partial charge < -0.3 is 33.7 Å². The van der Waals surface area contributed by atoms with Crippen molar-refractivity contribution in [3.8, 4) is 39.6 Å². The third-order valence-electron chi connectivity index (χ3n) is 16.4. The fraction of sp³-hybridized carbons (Fsp3) is 0. The van der Waals surface area contributed by atoms with Gasteiger partial charge in [0.05, 0.1) is 33.1 Å². The third-order valence-corrected chi connectivity index (χ3v) is 16.4. The van der Waals surface area contributed by atoms with E-state index in [-0.39, 0.29) is 37.0 Å². The summed E-state index contributed by atoms with van der Waals surface area (Å²) in [4.78, 5) is 14.1. The Morgan fingerprint density at radius 2 is 0.615 bits per heavy atom. The van der Waals surface area contributed by atoms with Crippen molar-refractivity contribution in [2.24, 2.45) is 0 Å². The fourth-order valence-corrected chi connectivity index (χ4v) is 12.1. The molecule has 8 nitrogen and oxygen atoms in total. The number of para-hydroxylation sites is 6. The normalized spacial score (nSPS) is 10.9. The van der Waals surface area contributed by atoms with E-state index in [1.165, 1.54) is 65.4 Å². The Morgan fingerprint density at radius 1 is 0.344 bits per heavy atom. The summed E-state index contributed by atoms with van der Waals surface area (Å²) in [5.41, 5.74) is 15.7. The van der Waals surface area contributed by atoms with Crippen LogP contribution in [0.2, 0.25) is 0 Å². The Hall–Kier alpha value is -12.0. The zero-order valence-electron chi connectivity index (χ0n) is 51.2. The first-order chi connectivity index (χ1) is 46.6. The second-order valence-corrected chi connectivity index (χ2v) is 22.2. The zero-order chi connectivity index (χ0) is 64.8. The summed E-state index contributed by atoms with van der Waals surface area (Å²) in [6.45, 7) is 3.32. The summed E-state index contributed by atoms with van der Waals surface area (Å²) in [6, 6.07) is 103. The van der Waals surface area contributed by atoms with E-state index >= 15 is 0 Å². The number of pyridine rings is 3. The second kappa shape index (κ2) is 28.1. The molecule has 0 fully saturated rings. The van der Waals surface area contributed by atoms with E-state index in [0.29, 0.717) is 17.1 Å². The molecule has 17 aromatic rings. The minimum Gasteiger partial charge on any atom is -0.506 e. The number of hydrogen-bond acceptors (Lipinski definition) is 5. The maximum Gasteiger partial charge on any atom is 0.134 e. The van der Waals surface area contributed by atoms with E-state index < -0.39 is 23.3 Å². The van der Waals surface area contributed by atoms with E-state index in [1.807, 2.05) is 0 Å². The van der Waals surface area contributed by atoms with Gasteiger partial charge in [0.2, 0.25) is 0 Å². The van der Waals surface area contributed by atoms with Crippen LogP contribution in [-0.2, 0) is 20.1 Å². The minimum atomic E-state index is -0.649. The molecule has 1 radical (unpaired) electrons. The SMILES string of the molecule is C=C(O)c1ccccn1.Fc1c[c-]c(-c2ccccn2)c(F)c1.Fc1c[c-]c(-c2ccccn2)c(F)c1.[Ir].c1ccc2c(c1)c1ccccc1n2-c1ccc(N(c2ccc(-n3c4ccccc4c4ccccc43)cc2)c2ccc(-n3c4ccccc4c4ccccc43)cc2)cc1. The number of fused-ring (bicyclic) bond motifs is 9. The summed E-state index contributed by atoms with van der Waals surface area (Å²) in [5.74, 6) is -2.56. The first-order valence-electron chi connectivity index (χ1n) is 30.6. The largest absolute Gasteiger partial charge is 0.506 e. The first kappa shape index (κ1) is 62.8. The molecule has 0 bridgehead atoms. The quantitative estimate of drug-likeness (QED) is 0.0885. The molecule has 467 valence electrons. The molecule has 0 aliphatic heterocycles. The first-order valence-corrected chi connectivity index (χ1v) is 30.6. The fourth-order valence-electron chi connectivity index (χ4n) is 12.1. The predicted octanol–water partition coefficient (Wildman–Crippen LogP) is 21.7. The van der Waals surface area contributed by atoms with Crippen LogP contribution < -0.4 is 4.90 Å². The van der Waals surface area contributed by atoms with Gasteiger partial charge in [-0.2, -0.15) is 0 Å². The van der Waals surface area contributed by atoms with Crippen LogP contribution in [0.4, 0.5) is 34.6 Å². The number of anilines is 3. The summed E-state index contributed by atoms with van der Waals surface area (Å²) in [7, 11) is 0. The van der Waals surface area contributed by atoms with Gasteiger partial charge in [-0.15, -0.1) is 24.3 Å². The summed E-state index contributed by atoms with van der Waals surface area (Å²) in [5, 5.41) is 16.3. The molecule has 11 aromatic carbocycles. The Kier molecular flexibility index (Phi) is 18.3. The van der Waals surface area contributed by atoms with Crippen LogP contribution in [-0.4, -0.2) is 33.8 Å². The van der Waals surface area contributed by atoms with Crippen molar-refractivity contribution in [3.63, 3.8) is 0 Å². The molecule has 0 spiro atoms.